The van der Waals surface area contributed by atoms with Gasteiger partial charge in [0.25, 0.3) is 0 Å². The minimum Gasteiger partial charge on any atom is -0.316 e. The van der Waals surface area contributed by atoms with E-state index in [9.17, 15) is 13.2 Å². The standard InChI is InChI=1S/C12H14F3N/c1-11(6-7-16-8-11)9-2-4-10(5-3-9)12(13,14)15/h2-5,16H,6-8H2,1H3/t11-/m0/s1. The third-order valence-corrected chi connectivity index (χ3v) is 3.28. The van der Waals surface area contributed by atoms with E-state index >= 15 is 0 Å². The molecule has 1 aromatic rings. The molecule has 0 spiro atoms. The molecule has 4 heteroatoms. The van der Waals surface area contributed by atoms with Crippen molar-refractivity contribution in [2.45, 2.75) is 24.9 Å². The molecule has 16 heavy (non-hydrogen) atoms. The molecule has 0 aromatic heterocycles. The summed E-state index contributed by atoms with van der Waals surface area (Å²) < 4.78 is 37.1. The van der Waals surface area contributed by atoms with Crippen molar-refractivity contribution in [3.8, 4) is 0 Å². The van der Waals surface area contributed by atoms with Gasteiger partial charge in [-0.2, -0.15) is 13.2 Å². The van der Waals surface area contributed by atoms with Crippen LogP contribution in [0.15, 0.2) is 24.3 Å². The van der Waals surface area contributed by atoms with Gasteiger partial charge in [0, 0.05) is 12.0 Å². The lowest BCUT2D eigenvalue weighted by molar-refractivity contribution is -0.137. The molecule has 1 aliphatic rings. The van der Waals surface area contributed by atoms with E-state index in [4.69, 9.17) is 0 Å². The second-order valence-electron chi connectivity index (χ2n) is 4.56. The Hall–Kier alpha value is -1.03. The van der Waals surface area contributed by atoms with Crippen LogP contribution in [0, 0.1) is 0 Å². The molecule has 0 unspecified atom stereocenters. The summed E-state index contributed by atoms with van der Waals surface area (Å²) >= 11 is 0. The monoisotopic (exact) mass is 229 g/mol. The summed E-state index contributed by atoms with van der Waals surface area (Å²) in [7, 11) is 0. The molecule has 1 aromatic carbocycles. The molecule has 88 valence electrons. The lowest BCUT2D eigenvalue weighted by Crippen LogP contribution is -2.24. The summed E-state index contributed by atoms with van der Waals surface area (Å²) in [5.74, 6) is 0. The topological polar surface area (TPSA) is 12.0 Å². The second kappa shape index (κ2) is 3.77. The molecule has 1 N–H and O–H groups in total. The van der Waals surface area contributed by atoms with Crippen molar-refractivity contribution in [1.29, 1.82) is 0 Å². The third-order valence-electron chi connectivity index (χ3n) is 3.28. The van der Waals surface area contributed by atoms with Gasteiger partial charge in [0.05, 0.1) is 5.56 Å². The van der Waals surface area contributed by atoms with Crippen LogP contribution in [0.1, 0.15) is 24.5 Å². The summed E-state index contributed by atoms with van der Waals surface area (Å²) in [6, 6.07) is 5.52. The van der Waals surface area contributed by atoms with Gasteiger partial charge < -0.3 is 5.32 Å². The molecule has 1 fully saturated rings. The van der Waals surface area contributed by atoms with Gasteiger partial charge in [0.1, 0.15) is 0 Å². The first-order valence-electron chi connectivity index (χ1n) is 5.30. The van der Waals surface area contributed by atoms with Gasteiger partial charge in [0.2, 0.25) is 0 Å². The maximum Gasteiger partial charge on any atom is 0.416 e. The van der Waals surface area contributed by atoms with Crippen LogP contribution < -0.4 is 5.32 Å². The number of halogens is 3. The van der Waals surface area contributed by atoms with E-state index in [-0.39, 0.29) is 5.41 Å². The summed E-state index contributed by atoms with van der Waals surface area (Å²) in [6.07, 6.45) is -3.27. The maximum absolute atomic E-state index is 12.4. The van der Waals surface area contributed by atoms with Gasteiger partial charge in [-0.25, -0.2) is 0 Å². The zero-order valence-corrected chi connectivity index (χ0v) is 9.06. The Bertz CT molecular complexity index is 361. The predicted molar refractivity (Wildman–Crippen MR) is 56.3 cm³/mol. The lowest BCUT2D eigenvalue weighted by atomic mass is 9.81. The molecule has 0 amide bonds. The van der Waals surface area contributed by atoms with Crippen LogP contribution >= 0.6 is 0 Å². The average molecular weight is 229 g/mol. The second-order valence-corrected chi connectivity index (χ2v) is 4.56. The van der Waals surface area contributed by atoms with Crippen LogP contribution in [0.25, 0.3) is 0 Å². The smallest absolute Gasteiger partial charge is 0.316 e. The highest BCUT2D eigenvalue weighted by molar-refractivity contribution is 5.31. The Morgan fingerprint density at radius 2 is 1.81 bits per heavy atom. The van der Waals surface area contributed by atoms with E-state index in [1.165, 1.54) is 12.1 Å². The number of benzene rings is 1. The SMILES string of the molecule is C[C@]1(c2ccc(C(F)(F)F)cc2)CCNC1. The summed E-state index contributed by atoms with van der Waals surface area (Å²) in [4.78, 5) is 0. The first kappa shape index (κ1) is 11.5. The maximum atomic E-state index is 12.4. The van der Waals surface area contributed by atoms with Crippen molar-refractivity contribution in [1.82, 2.24) is 5.32 Å². The zero-order valence-electron chi connectivity index (χ0n) is 9.06. The third kappa shape index (κ3) is 2.07. The van der Waals surface area contributed by atoms with Crippen molar-refractivity contribution in [2.75, 3.05) is 13.1 Å². The largest absolute Gasteiger partial charge is 0.416 e. The Balaban J connectivity index is 2.26. The molecule has 2 rings (SSSR count). The minimum atomic E-state index is -4.24. The van der Waals surface area contributed by atoms with Crippen molar-refractivity contribution in [3.63, 3.8) is 0 Å². The van der Waals surface area contributed by atoms with Gasteiger partial charge in [-0.15, -0.1) is 0 Å². The van der Waals surface area contributed by atoms with E-state index in [0.29, 0.717) is 0 Å². The fraction of sp³-hybridized carbons (Fsp3) is 0.500. The first-order valence-corrected chi connectivity index (χ1v) is 5.30. The van der Waals surface area contributed by atoms with E-state index in [1.54, 1.807) is 12.1 Å². The Labute approximate surface area is 92.7 Å². The van der Waals surface area contributed by atoms with Crippen LogP contribution in [0.5, 0.6) is 0 Å². The summed E-state index contributed by atoms with van der Waals surface area (Å²) in [5, 5.41) is 3.23. The Kier molecular flexibility index (Phi) is 2.70. The first-order chi connectivity index (χ1) is 7.42. The lowest BCUT2D eigenvalue weighted by Gasteiger charge is -2.23. The molecule has 1 heterocycles. The molecule has 0 saturated carbocycles. The fourth-order valence-corrected chi connectivity index (χ4v) is 2.12. The van der Waals surface area contributed by atoms with E-state index in [0.717, 1.165) is 25.1 Å². The van der Waals surface area contributed by atoms with Crippen LogP contribution in [-0.4, -0.2) is 13.1 Å². The summed E-state index contributed by atoms with van der Waals surface area (Å²) in [5.41, 5.74) is 0.376. The average Bonchev–Trinajstić information content (AvgIpc) is 2.66. The highest BCUT2D eigenvalue weighted by Crippen LogP contribution is 2.33. The van der Waals surface area contributed by atoms with E-state index in [1.807, 2.05) is 0 Å². The van der Waals surface area contributed by atoms with Crippen LogP contribution in [0.3, 0.4) is 0 Å². The van der Waals surface area contributed by atoms with Gasteiger partial charge in [-0.1, -0.05) is 19.1 Å². The van der Waals surface area contributed by atoms with E-state index in [2.05, 4.69) is 12.2 Å². The molecular weight excluding hydrogens is 215 g/mol. The van der Waals surface area contributed by atoms with Crippen LogP contribution in [-0.2, 0) is 11.6 Å². The normalized spacial score (nSPS) is 26.0. The highest BCUT2D eigenvalue weighted by Gasteiger charge is 2.33. The Morgan fingerprint density at radius 1 is 1.19 bits per heavy atom. The van der Waals surface area contributed by atoms with Crippen molar-refractivity contribution in [3.05, 3.63) is 35.4 Å². The molecule has 1 aliphatic heterocycles. The van der Waals surface area contributed by atoms with Gasteiger partial charge in [-0.3, -0.25) is 0 Å². The van der Waals surface area contributed by atoms with Crippen LogP contribution in [0.2, 0.25) is 0 Å². The van der Waals surface area contributed by atoms with E-state index < -0.39 is 11.7 Å². The molecule has 1 saturated heterocycles. The van der Waals surface area contributed by atoms with Crippen LogP contribution in [0.4, 0.5) is 13.2 Å². The van der Waals surface area contributed by atoms with Crippen molar-refractivity contribution in [2.24, 2.45) is 0 Å². The minimum absolute atomic E-state index is 0.0237. The zero-order chi connectivity index (χ0) is 11.8. The number of hydrogen-bond donors (Lipinski definition) is 1. The van der Waals surface area contributed by atoms with Crippen molar-refractivity contribution >= 4 is 0 Å². The molecule has 0 aliphatic carbocycles. The summed E-state index contributed by atoms with van der Waals surface area (Å²) in [6.45, 7) is 3.84. The molecule has 0 bridgehead atoms. The Morgan fingerprint density at radius 3 is 2.25 bits per heavy atom. The van der Waals surface area contributed by atoms with Gasteiger partial charge in [-0.05, 0) is 30.7 Å². The quantitative estimate of drug-likeness (QED) is 0.780. The number of rotatable bonds is 1. The fourth-order valence-electron chi connectivity index (χ4n) is 2.12. The number of hydrogen-bond acceptors (Lipinski definition) is 1. The van der Waals surface area contributed by atoms with Crippen molar-refractivity contribution < 1.29 is 13.2 Å². The van der Waals surface area contributed by atoms with Gasteiger partial charge in [0.15, 0.2) is 0 Å². The molecule has 1 atom stereocenters. The van der Waals surface area contributed by atoms with Gasteiger partial charge >= 0.3 is 6.18 Å². The molecule has 1 nitrogen and oxygen atoms in total. The highest BCUT2D eigenvalue weighted by atomic mass is 19.4. The number of alkyl halides is 3. The predicted octanol–water partition coefficient (Wildman–Crippen LogP) is 2.96. The molecular formula is C12H14F3N. The number of nitrogens with one attached hydrogen (secondary N) is 1. The molecule has 0 radical (unpaired) electrons.